The van der Waals surface area contributed by atoms with Gasteiger partial charge in [-0.05, 0) is 24.3 Å². The molecule has 4 rings (SSSR count). The summed E-state index contributed by atoms with van der Waals surface area (Å²) in [5.41, 5.74) is 7.70. The summed E-state index contributed by atoms with van der Waals surface area (Å²) in [5, 5.41) is 1.86. The molecule has 0 radical (unpaired) electrons. The monoisotopic (exact) mass is 405 g/mol. The first-order chi connectivity index (χ1) is 12.6. The molecule has 1 aromatic carbocycles. The van der Waals surface area contributed by atoms with Crippen LogP contribution in [0.4, 0.5) is 5.69 Å². The SMILES string of the molecule is Cl.Nc1ccc(C(=O)N2CCN(Cc3cc(=O)n4ccsc4n3)CC2)cc1. The summed E-state index contributed by atoms with van der Waals surface area (Å²) in [7, 11) is 0. The van der Waals surface area contributed by atoms with Gasteiger partial charge in [-0.2, -0.15) is 0 Å². The van der Waals surface area contributed by atoms with Crippen molar-refractivity contribution >= 4 is 40.3 Å². The number of hydrogen-bond donors (Lipinski definition) is 1. The van der Waals surface area contributed by atoms with Crippen molar-refractivity contribution in [3.05, 3.63) is 63.5 Å². The van der Waals surface area contributed by atoms with Crippen LogP contribution in [0.3, 0.4) is 0 Å². The van der Waals surface area contributed by atoms with Crippen LogP contribution in [0.5, 0.6) is 0 Å². The molecule has 0 atom stereocenters. The second kappa shape index (κ2) is 8.08. The van der Waals surface area contributed by atoms with Crippen LogP contribution in [0.2, 0.25) is 0 Å². The molecule has 0 spiro atoms. The number of benzene rings is 1. The number of piperazine rings is 1. The molecule has 1 amide bonds. The largest absolute Gasteiger partial charge is 0.399 e. The number of halogens is 1. The minimum Gasteiger partial charge on any atom is -0.399 e. The molecule has 0 saturated carbocycles. The maximum absolute atomic E-state index is 12.5. The second-order valence-electron chi connectivity index (χ2n) is 6.33. The molecule has 2 N–H and O–H groups in total. The van der Waals surface area contributed by atoms with E-state index in [0.717, 1.165) is 18.8 Å². The Morgan fingerprint density at radius 1 is 1.15 bits per heavy atom. The van der Waals surface area contributed by atoms with Crippen LogP contribution in [-0.2, 0) is 6.54 Å². The molecule has 2 aromatic heterocycles. The molecular weight excluding hydrogens is 386 g/mol. The van der Waals surface area contributed by atoms with Gasteiger partial charge < -0.3 is 10.6 Å². The van der Waals surface area contributed by atoms with Gasteiger partial charge in [0.1, 0.15) is 0 Å². The fraction of sp³-hybridized carbons (Fsp3) is 0.278. The Balaban J connectivity index is 0.00000210. The summed E-state index contributed by atoms with van der Waals surface area (Å²) in [6.45, 7) is 3.44. The molecule has 27 heavy (non-hydrogen) atoms. The van der Waals surface area contributed by atoms with Crippen LogP contribution in [0, 0.1) is 0 Å². The number of aromatic nitrogens is 2. The van der Waals surface area contributed by atoms with E-state index in [2.05, 4.69) is 9.88 Å². The number of hydrogen-bond acceptors (Lipinski definition) is 6. The van der Waals surface area contributed by atoms with Crippen molar-refractivity contribution in [2.24, 2.45) is 0 Å². The number of anilines is 1. The second-order valence-corrected chi connectivity index (χ2v) is 7.20. The van der Waals surface area contributed by atoms with Gasteiger partial charge >= 0.3 is 0 Å². The summed E-state index contributed by atoms with van der Waals surface area (Å²) in [5.74, 6) is 0.0287. The van der Waals surface area contributed by atoms with Crippen LogP contribution in [0.15, 0.2) is 46.7 Å². The molecular formula is C18H20ClN5O2S. The van der Waals surface area contributed by atoms with Crippen LogP contribution in [0.1, 0.15) is 16.1 Å². The smallest absolute Gasteiger partial charge is 0.258 e. The van der Waals surface area contributed by atoms with E-state index in [4.69, 9.17) is 5.73 Å². The van der Waals surface area contributed by atoms with E-state index in [0.29, 0.717) is 35.8 Å². The van der Waals surface area contributed by atoms with Gasteiger partial charge in [0.05, 0.1) is 5.69 Å². The minimum atomic E-state index is -0.0524. The summed E-state index contributed by atoms with van der Waals surface area (Å²) in [6, 6.07) is 8.60. The minimum absolute atomic E-state index is 0. The zero-order chi connectivity index (χ0) is 18.1. The molecule has 0 bridgehead atoms. The predicted molar refractivity (Wildman–Crippen MR) is 109 cm³/mol. The number of carbonyl (C=O) groups excluding carboxylic acids is 1. The first-order valence-electron chi connectivity index (χ1n) is 8.43. The quantitative estimate of drug-likeness (QED) is 0.671. The molecule has 9 heteroatoms. The normalized spacial score (nSPS) is 14.9. The number of fused-ring (bicyclic) bond motifs is 1. The molecule has 1 aliphatic rings. The number of nitrogens with zero attached hydrogens (tertiary/aromatic N) is 4. The third kappa shape index (κ3) is 4.13. The van der Waals surface area contributed by atoms with Gasteiger partial charge in [-0.25, -0.2) is 4.98 Å². The van der Waals surface area contributed by atoms with Crippen LogP contribution in [-0.4, -0.2) is 51.3 Å². The highest BCUT2D eigenvalue weighted by molar-refractivity contribution is 7.15. The highest BCUT2D eigenvalue weighted by Crippen LogP contribution is 2.13. The maximum Gasteiger partial charge on any atom is 0.258 e. The molecule has 7 nitrogen and oxygen atoms in total. The van der Waals surface area contributed by atoms with E-state index in [-0.39, 0.29) is 23.9 Å². The lowest BCUT2D eigenvalue weighted by atomic mass is 10.1. The van der Waals surface area contributed by atoms with Crippen molar-refractivity contribution in [1.29, 1.82) is 0 Å². The molecule has 142 valence electrons. The summed E-state index contributed by atoms with van der Waals surface area (Å²) in [4.78, 5) is 34.0. The fourth-order valence-electron chi connectivity index (χ4n) is 3.12. The Kier molecular flexibility index (Phi) is 5.79. The molecule has 1 fully saturated rings. The molecule has 1 saturated heterocycles. The molecule has 1 aliphatic heterocycles. The van der Waals surface area contributed by atoms with Crippen molar-refractivity contribution in [1.82, 2.24) is 19.2 Å². The number of rotatable bonds is 3. The van der Waals surface area contributed by atoms with E-state index in [1.807, 2.05) is 10.3 Å². The Hall–Kier alpha value is -2.42. The third-order valence-electron chi connectivity index (χ3n) is 4.56. The Morgan fingerprint density at radius 2 is 1.85 bits per heavy atom. The maximum atomic E-state index is 12.5. The Bertz CT molecular complexity index is 993. The summed E-state index contributed by atoms with van der Waals surface area (Å²) >= 11 is 1.45. The van der Waals surface area contributed by atoms with E-state index < -0.39 is 0 Å². The van der Waals surface area contributed by atoms with Gasteiger partial charge in [0, 0.05) is 61.6 Å². The van der Waals surface area contributed by atoms with Crippen LogP contribution in [0.25, 0.3) is 4.96 Å². The number of nitrogens with two attached hydrogens (primary N) is 1. The van der Waals surface area contributed by atoms with Crippen molar-refractivity contribution in [2.45, 2.75) is 6.54 Å². The highest BCUT2D eigenvalue weighted by Gasteiger charge is 2.22. The Morgan fingerprint density at radius 3 is 2.56 bits per heavy atom. The van der Waals surface area contributed by atoms with Crippen molar-refractivity contribution in [3.63, 3.8) is 0 Å². The fourth-order valence-corrected chi connectivity index (χ4v) is 3.85. The highest BCUT2D eigenvalue weighted by atomic mass is 35.5. The van der Waals surface area contributed by atoms with Gasteiger partial charge in [0.25, 0.3) is 11.5 Å². The molecule has 3 aromatic rings. The zero-order valence-electron chi connectivity index (χ0n) is 14.6. The van der Waals surface area contributed by atoms with Crippen LogP contribution >= 0.6 is 23.7 Å². The third-order valence-corrected chi connectivity index (χ3v) is 5.32. The summed E-state index contributed by atoms with van der Waals surface area (Å²) in [6.07, 6.45) is 1.74. The summed E-state index contributed by atoms with van der Waals surface area (Å²) < 4.78 is 1.55. The predicted octanol–water partition coefficient (Wildman–Crippen LogP) is 1.72. The van der Waals surface area contributed by atoms with Crippen molar-refractivity contribution < 1.29 is 4.79 Å². The first kappa shape index (κ1) is 19.3. The topological polar surface area (TPSA) is 83.9 Å². The molecule has 0 unspecified atom stereocenters. The number of thiazole rings is 1. The van der Waals surface area contributed by atoms with E-state index in [9.17, 15) is 9.59 Å². The number of nitrogen functional groups attached to an aromatic ring is 1. The standard InChI is InChI=1S/C18H19N5O2S.ClH/c19-14-3-1-13(2-4-14)17(25)22-7-5-21(6-8-22)12-15-11-16(24)23-9-10-26-18(23)20-15;/h1-4,9-11H,5-8,12,19H2;1H. The lowest BCUT2D eigenvalue weighted by molar-refractivity contribution is 0.0627. The van der Waals surface area contributed by atoms with E-state index in [1.165, 1.54) is 11.3 Å². The van der Waals surface area contributed by atoms with Gasteiger partial charge in [0.15, 0.2) is 4.96 Å². The van der Waals surface area contributed by atoms with Gasteiger partial charge in [-0.1, -0.05) is 0 Å². The molecule has 3 heterocycles. The number of amides is 1. The van der Waals surface area contributed by atoms with Gasteiger partial charge in [-0.3, -0.25) is 18.9 Å². The van der Waals surface area contributed by atoms with Crippen molar-refractivity contribution in [3.8, 4) is 0 Å². The average Bonchev–Trinajstić information content (AvgIpc) is 3.12. The lowest BCUT2D eigenvalue weighted by Gasteiger charge is -2.34. The van der Waals surface area contributed by atoms with E-state index >= 15 is 0 Å². The lowest BCUT2D eigenvalue weighted by Crippen LogP contribution is -2.48. The van der Waals surface area contributed by atoms with Gasteiger partial charge in [-0.15, -0.1) is 23.7 Å². The molecule has 0 aliphatic carbocycles. The van der Waals surface area contributed by atoms with Crippen molar-refractivity contribution in [2.75, 3.05) is 31.9 Å². The zero-order valence-corrected chi connectivity index (χ0v) is 16.2. The Labute approximate surface area is 166 Å². The van der Waals surface area contributed by atoms with Crippen LogP contribution < -0.4 is 11.3 Å². The van der Waals surface area contributed by atoms with Gasteiger partial charge in [0.2, 0.25) is 0 Å². The first-order valence-corrected chi connectivity index (χ1v) is 9.31. The van der Waals surface area contributed by atoms with E-state index in [1.54, 1.807) is 40.9 Å². The number of carbonyl (C=O) groups is 1. The average molecular weight is 406 g/mol.